The van der Waals surface area contributed by atoms with Crippen molar-refractivity contribution < 1.29 is 13.6 Å². The molecule has 0 spiro atoms. The van der Waals surface area contributed by atoms with E-state index >= 15 is 0 Å². The molecule has 1 aromatic carbocycles. The minimum absolute atomic E-state index is 0.0637. The summed E-state index contributed by atoms with van der Waals surface area (Å²) in [7, 11) is 0. The van der Waals surface area contributed by atoms with E-state index in [9.17, 15) is 13.6 Å². The van der Waals surface area contributed by atoms with Gasteiger partial charge in [-0.2, -0.15) is 5.10 Å². The Morgan fingerprint density at radius 3 is 2.68 bits per heavy atom. The van der Waals surface area contributed by atoms with Crippen LogP contribution in [-0.2, 0) is 11.3 Å². The molecule has 0 unspecified atom stereocenters. The van der Waals surface area contributed by atoms with Crippen LogP contribution in [0.5, 0.6) is 0 Å². The minimum atomic E-state index is -0.557. The van der Waals surface area contributed by atoms with Gasteiger partial charge in [0.15, 0.2) is 0 Å². The molecule has 1 aliphatic rings. The molecule has 0 atom stereocenters. The zero-order chi connectivity index (χ0) is 21.6. The molecule has 160 valence electrons. The van der Waals surface area contributed by atoms with E-state index in [1.807, 2.05) is 34.0 Å². The summed E-state index contributed by atoms with van der Waals surface area (Å²) in [6.45, 7) is 1.05. The van der Waals surface area contributed by atoms with Gasteiger partial charge in [-0.15, -0.1) is 0 Å². The van der Waals surface area contributed by atoms with Crippen molar-refractivity contribution in [3.05, 3.63) is 78.3 Å². The van der Waals surface area contributed by atoms with Gasteiger partial charge in [0, 0.05) is 48.4 Å². The van der Waals surface area contributed by atoms with E-state index in [2.05, 4.69) is 10.1 Å². The predicted octanol–water partition coefficient (Wildman–Crippen LogP) is 4.71. The highest BCUT2D eigenvalue weighted by Gasteiger charge is 2.25. The Labute approximate surface area is 180 Å². The predicted molar refractivity (Wildman–Crippen MR) is 115 cm³/mol. The molecule has 0 radical (unpaired) electrons. The van der Waals surface area contributed by atoms with E-state index in [0.29, 0.717) is 13.1 Å². The lowest BCUT2D eigenvalue weighted by molar-refractivity contribution is -0.128. The lowest BCUT2D eigenvalue weighted by atomic mass is 10.1. The zero-order valence-electron chi connectivity index (χ0n) is 17.1. The third-order valence-electron chi connectivity index (χ3n) is 5.60. The van der Waals surface area contributed by atoms with Crippen molar-refractivity contribution in [3.63, 3.8) is 0 Å². The summed E-state index contributed by atoms with van der Waals surface area (Å²) in [6.07, 6.45) is 12.1. The lowest BCUT2D eigenvalue weighted by Gasteiger charge is -2.28. The Morgan fingerprint density at radius 1 is 1.13 bits per heavy atom. The average molecular weight is 422 g/mol. The van der Waals surface area contributed by atoms with E-state index < -0.39 is 11.6 Å². The summed E-state index contributed by atoms with van der Waals surface area (Å²) in [4.78, 5) is 18.8. The van der Waals surface area contributed by atoms with Crippen LogP contribution in [0.15, 0.2) is 61.1 Å². The van der Waals surface area contributed by atoms with Gasteiger partial charge in [0.1, 0.15) is 11.6 Å². The molecule has 5 nitrogen and oxygen atoms in total. The Hall–Kier alpha value is -3.35. The first-order valence-corrected chi connectivity index (χ1v) is 10.5. The highest BCUT2D eigenvalue weighted by atomic mass is 19.1. The van der Waals surface area contributed by atoms with Crippen molar-refractivity contribution in [2.45, 2.75) is 38.3 Å². The second-order valence-corrected chi connectivity index (χ2v) is 7.67. The molecule has 1 aliphatic carbocycles. The number of amides is 1. The number of hydrogen-bond donors (Lipinski definition) is 0. The Kier molecular flexibility index (Phi) is 6.50. The second-order valence-electron chi connectivity index (χ2n) is 7.67. The number of benzene rings is 1. The first-order chi connectivity index (χ1) is 15.1. The molecule has 0 saturated heterocycles. The van der Waals surface area contributed by atoms with Gasteiger partial charge in [0.2, 0.25) is 5.91 Å². The second kappa shape index (κ2) is 9.64. The Bertz CT molecular complexity index is 1060. The summed E-state index contributed by atoms with van der Waals surface area (Å²) >= 11 is 0. The van der Waals surface area contributed by atoms with Crippen molar-refractivity contribution in [2.24, 2.45) is 0 Å². The largest absolute Gasteiger partial charge is 0.334 e. The van der Waals surface area contributed by atoms with E-state index in [-0.39, 0.29) is 17.5 Å². The summed E-state index contributed by atoms with van der Waals surface area (Å²) in [5.74, 6) is -1.29. The zero-order valence-corrected chi connectivity index (χ0v) is 17.1. The maximum Gasteiger partial charge on any atom is 0.246 e. The first-order valence-electron chi connectivity index (χ1n) is 10.5. The van der Waals surface area contributed by atoms with Crippen molar-refractivity contribution in [3.8, 4) is 11.3 Å². The fourth-order valence-corrected chi connectivity index (χ4v) is 3.96. The maximum atomic E-state index is 13.9. The average Bonchev–Trinajstić information content (AvgIpc) is 3.48. The fourth-order valence-electron chi connectivity index (χ4n) is 3.96. The molecule has 7 heteroatoms. The van der Waals surface area contributed by atoms with Gasteiger partial charge in [0.05, 0.1) is 12.2 Å². The molecule has 1 amide bonds. The summed E-state index contributed by atoms with van der Waals surface area (Å²) in [5, 5.41) is 4.59. The monoisotopic (exact) mass is 422 g/mol. The highest BCUT2D eigenvalue weighted by Crippen LogP contribution is 2.24. The van der Waals surface area contributed by atoms with Crippen molar-refractivity contribution in [1.82, 2.24) is 19.7 Å². The molecule has 0 aliphatic heterocycles. The van der Waals surface area contributed by atoms with Crippen LogP contribution >= 0.6 is 0 Å². The minimum Gasteiger partial charge on any atom is -0.334 e. The molecule has 3 aromatic rings. The van der Waals surface area contributed by atoms with Gasteiger partial charge < -0.3 is 4.90 Å². The molecular weight excluding hydrogens is 398 g/mol. The normalized spacial score (nSPS) is 14.4. The number of carbonyl (C=O) groups is 1. The number of aromatic nitrogens is 3. The van der Waals surface area contributed by atoms with Crippen LogP contribution in [-0.4, -0.2) is 38.2 Å². The summed E-state index contributed by atoms with van der Waals surface area (Å²) in [6, 6.07) is 9.10. The number of halogens is 2. The van der Waals surface area contributed by atoms with Crippen LogP contribution in [0.2, 0.25) is 0 Å². The first kappa shape index (κ1) is 20.9. The van der Waals surface area contributed by atoms with Gasteiger partial charge in [-0.25, -0.2) is 8.78 Å². The van der Waals surface area contributed by atoms with Crippen LogP contribution in [0, 0.1) is 11.6 Å². The molecule has 0 bridgehead atoms. The summed E-state index contributed by atoms with van der Waals surface area (Å²) < 4.78 is 29.1. The molecule has 0 N–H and O–H groups in total. The van der Waals surface area contributed by atoms with Crippen LogP contribution in [0.4, 0.5) is 8.78 Å². The molecule has 31 heavy (non-hydrogen) atoms. The maximum absolute atomic E-state index is 13.9. The Morgan fingerprint density at radius 2 is 1.90 bits per heavy atom. The standard InChI is InChI=1S/C24H24F2N4O/c25-20-6-7-22(26)19(17-20)5-8-24(31)30(21-3-1-2-4-21)16-15-29-14-11-23(28-29)18-9-12-27-13-10-18/h5-14,17,21H,1-4,15-16H2/b8-5+. The Balaban J connectivity index is 1.45. The van der Waals surface area contributed by atoms with Gasteiger partial charge in [0.25, 0.3) is 0 Å². The van der Waals surface area contributed by atoms with Gasteiger partial charge >= 0.3 is 0 Å². The van der Waals surface area contributed by atoms with E-state index in [4.69, 9.17) is 0 Å². The van der Waals surface area contributed by atoms with Crippen LogP contribution in [0.25, 0.3) is 17.3 Å². The van der Waals surface area contributed by atoms with Gasteiger partial charge in [-0.05, 0) is 55.3 Å². The van der Waals surface area contributed by atoms with E-state index in [0.717, 1.165) is 55.1 Å². The number of hydrogen-bond acceptors (Lipinski definition) is 3. The molecule has 1 saturated carbocycles. The third kappa shape index (κ3) is 5.23. The molecular formula is C24H24F2N4O. The highest BCUT2D eigenvalue weighted by molar-refractivity contribution is 5.92. The van der Waals surface area contributed by atoms with E-state index in [1.165, 1.54) is 12.2 Å². The number of rotatable bonds is 7. The molecule has 1 fully saturated rings. The summed E-state index contributed by atoms with van der Waals surface area (Å²) in [5.41, 5.74) is 1.90. The quantitative estimate of drug-likeness (QED) is 0.518. The third-order valence-corrected chi connectivity index (χ3v) is 5.60. The van der Waals surface area contributed by atoms with Crippen molar-refractivity contribution in [2.75, 3.05) is 6.54 Å². The fraction of sp³-hybridized carbons (Fsp3) is 0.292. The smallest absolute Gasteiger partial charge is 0.246 e. The molecule has 2 aromatic heterocycles. The van der Waals surface area contributed by atoms with Crippen LogP contribution in [0.1, 0.15) is 31.2 Å². The number of carbonyl (C=O) groups excluding carboxylic acids is 1. The van der Waals surface area contributed by atoms with Crippen LogP contribution < -0.4 is 0 Å². The van der Waals surface area contributed by atoms with E-state index in [1.54, 1.807) is 12.4 Å². The SMILES string of the molecule is O=C(/C=C/c1cc(F)ccc1F)N(CCn1ccc(-c2ccncc2)n1)C1CCCC1. The lowest BCUT2D eigenvalue weighted by Crippen LogP contribution is -2.40. The van der Waals surface area contributed by atoms with Crippen LogP contribution in [0.3, 0.4) is 0 Å². The molecule has 2 heterocycles. The van der Waals surface area contributed by atoms with Crippen molar-refractivity contribution in [1.29, 1.82) is 0 Å². The van der Waals surface area contributed by atoms with Gasteiger partial charge in [-0.1, -0.05) is 12.8 Å². The number of pyridine rings is 1. The van der Waals surface area contributed by atoms with Crippen molar-refractivity contribution >= 4 is 12.0 Å². The topological polar surface area (TPSA) is 51.0 Å². The van der Waals surface area contributed by atoms with Gasteiger partial charge in [-0.3, -0.25) is 14.5 Å². The number of nitrogens with zero attached hydrogens (tertiary/aromatic N) is 4. The molecule has 4 rings (SSSR count).